The summed E-state index contributed by atoms with van der Waals surface area (Å²) in [6.45, 7) is 0. The molecular weight excluding hydrogens is 308 g/mol. The van der Waals surface area contributed by atoms with Gasteiger partial charge >= 0.3 is 0 Å². The molecule has 0 amide bonds. The minimum atomic E-state index is -0.473. The average Bonchev–Trinajstić information content (AvgIpc) is 3.21. The molecule has 5 rings (SSSR count). The highest BCUT2D eigenvalue weighted by Crippen LogP contribution is 2.57. The molecule has 3 aromatic carbocycles. The second-order valence-corrected chi connectivity index (χ2v) is 6.51. The van der Waals surface area contributed by atoms with Gasteiger partial charge in [0.25, 0.3) is 0 Å². The Morgan fingerprint density at radius 1 is 0.840 bits per heavy atom. The van der Waals surface area contributed by atoms with Crippen molar-refractivity contribution in [1.82, 2.24) is 0 Å². The molecule has 25 heavy (non-hydrogen) atoms. The quantitative estimate of drug-likeness (QED) is 0.654. The third-order valence-corrected chi connectivity index (χ3v) is 5.23. The maximum absolute atomic E-state index is 9.57. The molecule has 0 N–H and O–H groups in total. The summed E-state index contributed by atoms with van der Waals surface area (Å²) in [5.74, 6) is 0. The van der Waals surface area contributed by atoms with Gasteiger partial charge in [-0.05, 0) is 34.4 Å². The summed E-state index contributed by atoms with van der Waals surface area (Å²) in [6.07, 6.45) is 0.145. The van der Waals surface area contributed by atoms with E-state index in [2.05, 4.69) is 54.6 Å². The van der Waals surface area contributed by atoms with Crippen molar-refractivity contribution in [2.24, 2.45) is 0 Å². The van der Waals surface area contributed by atoms with Gasteiger partial charge < -0.3 is 0 Å². The average molecular weight is 324 g/mol. The number of hydrogen-bond donors (Lipinski definition) is 0. The summed E-state index contributed by atoms with van der Waals surface area (Å²) in [5.41, 5.74) is 5.36. The van der Waals surface area contributed by atoms with E-state index in [1.54, 1.807) is 0 Å². The van der Waals surface area contributed by atoms with Crippen molar-refractivity contribution in [2.75, 3.05) is 5.06 Å². The SMILES string of the molecule is N#CC1CC2(c3ccccc3-c3ccccc32)N(c2ccccc2)O1. The minimum absolute atomic E-state index is 0.463. The first-order chi connectivity index (χ1) is 12.3. The van der Waals surface area contributed by atoms with Gasteiger partial charge in [-0.25, -0.2) is 5.06 Å². The monoisotopic (exact) mass is 324 g/mol. The van der Waals surface area contributed by atoms with E-state index in [0.29, 0.717) is 6.42 Å². The molecule has 3 nitrogen and oxygen atoms in total. The van der Waals surface area contributed by atoms with E-state index in [1.165, 1.54) is 22.3 Å². The summed E-state index contributed by atoms with van der Waals surface area (Å²) < 4.78 is 0. The van der Waals surface area contributed by atoms with Gasteiger partial charge in [0, 0.05) is 6.42 Å². The third kappa shape index (κ3) is 1.83. The summed E-state index contributed by atoms with van der Waals surface area (Å²) in [7, 11) is 0. The van der Waals surface area contributed by atoms with Crippen molar-refractivity contribution < 1.29 is 4.84 Å². The zero-order valence-electron chi connectivity index (χ0n) is 13.6. The number of rotatable bonds is 1. The topological polar surface area (TPSA) is 36.3 Å². The molecule has 1 aliphatic carbocycles. The van der Waals surface area contributed by atoms with E-state index in [4.69, 9.17) is 4.84 Å². The van der Waals surface area contributed by atoms with Crippen LogP contribution < -0.4 is 5.06 Å². The van der Waals surface area contributed by atoms with Crippen LogP contribution in [0.15, 0.2) is 78.9 Å². The van der Waals surface area contributed by atoms with Crippen LogP contribution in [0.1, 0.15) is 17.5 Å². The molecule has 0 radical (unpaired) electrons. The molecule has 0 saturated carbocycles. The van der Waals surface area contributed by atoms with Crippen LogP contribution in [-0.2, 0) is 10.4 Å². The molecule has 0 aromatic heterocycles. The van der Waals surface area contributed by atoms with E-state index in [-0.39, 0.29) is 0 Å². The van der Waals surface area contributed by atoms with Crippen LogP contribution in [0, 0.1) is 11.3 Å². The van der Waals surface area contributed by atoms with E-state index in [9.17, 15) is 5.26 Å². The fraction of sp³-hybridized carbons (Fsp3) is 0.136. The lowest BCUT2D eigenvalue weighted by Gasteiger charge is -2.36. The lowest BCUT2D eigenvalue weighted by Crippen LogP contribution is -2.40. The Labute approximate surface area is 146 Å². The Kier molecular flexibility index (Phi) is 2.97. The number of nitrogens with zero attached hydrogens (tertiary/aromatic N) is 2. The number of benzene rings is 3. The highest BCUT2D eigenvalue weighted by atomic mass is 16.7. The lowest BCUT2D eigenvalue weighted by molar-refractivity contribution is 0.110. The molecule has 1 unspecified atom stereocenters. The molecule has 3 heteroatoms. The Bertz CT molecular complexity index is 945. The Hall–Kier alpha value is -3.09. The van der Waals surface area contributed by atoms with Crippen LogP contribution in [0.5, 0.6) is 0 Å². The molecule has 2 aliphatic rings. The van der Waals surface area contributed by atoms with Crippen molar-refractivity contribution >= 4 is 5.69 Å². The standard InChI is InChI=1S/C22H16N2O/c23-15-17-14-22(24(25-17)16-8-2-1-3-9-16)20-12-6-4-10-18(20)19-11-5-7-13-21(19)22/h1-13,17H,14H2. The molecule has 1 saturated heterocycles. The van der Waals surface area contributed by atoms with Crippen molar-refractivity contribution in [1.29, 1.82) is 5.26 Å². The van der Waals surface area contributed by atoms with Crippen molar-refractivity contribution in [2.45, 2.75) is 18.1 Å². The van der Waals surface area contributed by atoms with Gasteiger partial charge in [0.05, 0.1) is 11.8 Å². The van der Waals surface area contributed by atoms with E-state index < -0.39 is 11.6 Å². The van der Waals surface area contributed by atoms with Crippen molar-refractivity contribution in [3.63, 3.8) is 0 Å². The highest BCUT2D eigenvalue weighted by molar-refractivity contribution is 5.83. The first kappa shape index (κ1) is 14.3. The van der Waals surface area contributed by atoms with Crippen LogP contribution in [0.3, 0.4) is 0 Å². The van der Waals surface area contributed by atoms with Gasteiger partial charge in [-0.15, -0.1) is 0 Å². The van der Waals surface area contributed by atoms with Crippen LogP contribution in [0.25, 0.3) is 11.1 Å². The maximum Gasteiger partial charge on any atom is 0.174 e. The number of nitriles is 1. The number of para-hydroxylation sites is 1. The molecule has 1 aliphatic heterocycles. The minimum Gasteiger partial charge on any atom is -0.254 e. The molecule has 1 heterocycles. The Morgan fingerprint density at radius 3 is 2.00 bits per heavy atom. The number of hydroxylamine groups is 1. The molecular formula is C22H16N2O. The van der Waals surface area contributed by atoms with Gasteiger partial charge in [0.2, 0.25) is 0 Å². The lowest BCUT2D eigenvalue weighted by atomic mass is 9.83. The van der Waals surface area contributed by atoms with Gasteiger partial charge in [-0.2, -0.15) is 5.26 Å². The fourth-order valence-electron chi connectivity index (χ4n) is 4.26. The summed E-state index contributed by atoms with van der Waals surface area (Å²) in [5, 5.41) is 11.5. The van der Waals surface area contributed by atoms with Crippen LogP contribution in [0.4, 0.5) is 5.69 Å². The Balaban J connectivity index is 1.82. The van der Waals surface area contributed by atoms with Gasteiger partial charge in [0.15, 0.2) is 6.10 Å². The van der Waals surface area contributed by atoms with Gasteiger partial charge in [0.1, 0.15) is 5.54 Å². The Morgan fingerprint density at radius 2 is 1.40 bits per heavy atom. The summed E-state index contributed by atoms with van der Waals surface area (Å²) >= 11 is 0. The highest BCUT2D eigenvalue weighted by Gasteiger charge is 2.55. The van der Waals surface area contributed by atoms with Gasteiger partial charge in [-0.1, -0.05) is 66.7 Å². The number of fused-ring (bicyclic) bond motifs is 5. The van der Waals surface area contributed by atoms with Crippen molar-refractivity contribution in [3.05, 3.63) is 90.0 Å². The van der Waals surface area contributed by atoms with E-state index in [0.717, 1.165) is 5.69 Å². The first-order valence-electron chi connectivity index (χ1n) is 8.45. The largest absolute Gasteiger partial charge is 0.254 e. The molecule has 3 aromatic rings. The molecule has 1 atom stereocenters. The summed E-state index contributed by atoms with van der Waals surface area (Å²) in [6, 6.07) is 29.3. The summed E-state index contributed by atoms with van der Waals surface area (Å²) in [4.78, 5) is 6.12. The maximum atomic E-state index is 9.57. The second-order valence-electron chi connectivity index (χ2n) is 6.51. The van der Waals surface area contributed by atoms with E-state index >= 15 is 0 Å². The normalized spacial score (nSPS) is 19.5. The van der Waals surface area contributed by atoms with Crippen LogP contribution in [-0.4, -0.2) is 6.10 Å². The molecule has 120 valence electrons. The first-order valence-corrected chi connectivity index (χ1v) is 8.45. The van der Waals surface area contributed by atoms with Crippen molar-refractivity contribution in [3.8, 4) is 17.2 Å². The van der Waals surface area contributed by atoms with Gasteiger partial charge in [-0.3, -0.25) is 4.84 Å². The molecule has 1 fully saturated rings. The van der Waals surface area contributed by atoms with E-state index in [1.807, 2.05) is 35.4 Å². The fourth-order valence-corrected chi connectivity index (χ4v) is 4.26. The van der Waals surface area contributed by atoms with Crippen LogP contribution in [0.2, 0.25) is 0 Å². The number of hydrogen-bond acceptors (Lipinski definition) is 3. The predicted octanol–water partition coefficient (Wildman–Crippen LogP) is 4.64. The molecule has 1 spiro atoms. The zero-order chi connectivity index (χ0) is 16.9. The second kappa shape index (κ2) is 5.20. The smallest absolute Gasteiger partial charge is 0.174 e. The zero-order valence-corrected chi connectivity index (χ0v) is 13.6. The van der Waals surface area contributed by atoms with Crippen LogP contribution >= 0.6 is 0 Å². The number of anilines is 1. The predicted molar refractivity (Wildman–Crippen MR) is 96.7 cm³/mol. The third-order valence-electron chi connectivity index (χ3n) is 5.23. The molecule has 0 bridgehead atoms.